The Kier molecular flexibility index (Phi) is 5.15. The zero-order valence-corrected chi connectivity index (χ0v) is 18.6. The summed E-state index contributed by atoms with van der Waals surface area (Å²) in [7, 11) is -1.07. The topological polar surface area (TPSA) is 67.0 Å². The minimum Gasteiger partial charge on any atom is -0.361 e. The van der Waals surface area contributed by atoms with Crippen LogP contribution in [0.15, 0.2) is 30.5 Å². The van der Waals surface area contributed by atoms with Gasteiger partial charge in [0.05, 0.1) is 23.3 Å². The highest BCUT2D eigenvalue weighted by Gasteiger charge is 2.27. The van der Waals surface area contributed by atoms with E-state index in [1.54, 1.807) is 6.20 Å². The lowest BCUT2D eigenvalue weighted by atomic mass is 10.1. The average molecular weight is 406 g/mol. The minimum atomic E-state index is -1.07. The van der Waals surface area contributed by atoms with Gasteiger partial charge in [-0.2, -0.15) is 10.4 Å². The zero-order valence-electron chi connectivity index (χ0n) is 17.6. The van der Waals surface area contributed by atoms with E-state index < -0.39 is 8.07 Å². The van der Waals surface area contributed by atoms with Gasteiger partial charge >= 0.3 is 0 Å². The summed E-state index contributed by atoms with van der Waals surface area (Å²) in [5.74, 6) is 0. The number of fused-ring (bicyclic) bond motifs is 2. The van der Waals surface area contributed by atoms with E-state index in [1.807, 2.05) is 28.9 Å². The van der Waals surface area contributed by atoms with E-state index in [9.17, 15) is 5.26 Å². The van der Waals surface area contributed by atoms with Gasteiger partial charge in [0.15, 0.2) is 0 Å². The second kappa shape index (κ2) is 7.62. The first-order chi connectivity index (χ1) is 13.9. The molecule has 0 fully saturated rings. The van der Waals surface area contributed by atoms with Gasteiger partial charge in [-0.1, -0.05) is 19.6 Å². The van der Waals surface area contributed by atoms with Crippen molar-refractivity contribution in [3.8, 4) is 6.07 Å². The van der Waals surface area contributed by atoms with Crippen LogP contribution in [0.1, 0.15) is 22.5 Å². The molecule has 1 aliphatic heterocycles. The molecule has 7 heteroatoms. The number of anilines is 1. The number of hydrogen-bond donors (Lipinski definition) is 0. The third-order valence-corrected chi connectivity index (χ3v) is 7.23. The maximum Gasteiger partial charge on any atom is 0.139 e. The lowest BCUT2D eigenvalue weighted by Gasteiger charge is -2.21. The summed E-state index contributed by atoms with van der Waals surface area (Å²) in [5.41, 5.74) is 6.03. The standard InChI is InChI=1S/C22H27N5OSi/c1-16-19-13-26(14-20(19)25-27(16)15-28-10-11-29(2,3)4)21-8-7-17(12-23)22-18(21)6-5-9-24-22/h5-9H,10-11,13-15H2,1-4H3. The molecule has 0 saturated heterocycles. The first kappa shape index (κ1) is 19.6. The van der Waals surface area contributed by atoms with Gasteiger partial charge in [-0.15, -0.1) is 0 Å². The van der Waals surface area contributed by atoms with E-state index in [-0.39, 0.29) is 0 Å². The van der Waals surface area contributed by atoms with Crippen molar-refractivity contribution in [2.45, 2.75) is 52.4 Å². The van der Waals surface area contributed by atoms with Crippen LogP contribution >= 0.6 is 0 Å². The minimum absolute atomic E-state index is 0.521. The van der Waals surface area contributed by atoms with E-state index in [1.165, 1.54) is 17.3 Å². The summed E-state index contributed by atoms with van der Waals surface area (Å²) in [4.78, 5) is 6.74. The highest BCUT2D eigenvalue weighted by atomic mass is 28.3. The quantitative estimate of drug-likeness (QED) is 0.448. The highest BCUT2D eigenvalue weighted by molar-refractivity contribution is 6.76. The average Bonchev–Trinajstić information content (AvgIpc) is 3.23. The molecule has 0 radical (unpaired) electrons. The summed E-state index contributed by atoms with van der Waals surface area (Å²) in [6.45, 7) is 12.1. The normalized spacial score (nSPS) is 13.7. The van der Waals surface area contributed by atoms with Crippen LogP contribution in [0.5, 0.6) is 0 Å². The SMILES string of the molecule is Cc1c2c(nn1COCC[Si](C)(C)C)CN(c1ccc(C#N)c3ncccc13)C2. The molecule has 0 amide bonds. The Morgan fingerprint density at radius 3 is 2.76 bits per heavy atom. The Balaban J connectivity index is 1.51. The summed E-state index contributed by atoms with van der Waals surface area (Å²) < 4.78 is 7.88. The van der Waals surface area contributed by atoms with Crippen LogP contribution < -0.4 is 4.90 Å². The fourth-order valence-corrected chi connectivity index (χ4v) is 4.51. The number of nitriles is 1. The maximum atomic E-state index is 9.37. The fraction of sp³-hybridized carbons (Fsp3) is 0.409. The molecule has 3 heterocycles. The molecule has 29 heavy (non-hydrogen) atoms. The first-order valence-corrected chi connectivity index (χ1v) is 13.7. The van der Waals surface area contributed by atoms with Crippen LogP contribution in [-0.2, 0) is 24.6 Å². The molecule has 0 atom stereocenters. The molecule has 0 unspecified atom stereocenters. The van der Waals surface area contributed by atoms with Crippen LogP contribution in [0.2, 0.25) is 25.7 Å². The summed E-state index contributed by atoms with van der Waals surface area (Å²) in [6.07, 6.45) is 1.74. The van der Waals surface area contributed by atoms with Gasteiger partial charge < -0.3 is 9.64 Å². The van der Waals surface area contributed by atoms with Crippen LogP contribution in [0.4, 0.5) is 5.69 Å². The Labute approximate surface area is 172 Å². The second-order valence-corrected chi connectivity index (χ2v) is 14.5. The molecule has 0 N–H and O–H groups in total. The van der Waals surface area contributed by atoms with Gasteiger partial charge in [-0.05, 0) is 37.2 Å². The number of rotatable bonds is 6. The second-order valence-electron chi connectivity index (χ2n) is 8.86. The monoisotopic (exact) mass is 405 g/mol. The molecule has 1 aliphatic rings. The molecule has 2 aromatic heterocycles. The zero-order chi connectivity index (χ0) is 20.6. The molecule has 0 bridgehead atoms. The van der Waals surface area contributed by atoms with E-state index in [0.29, 0.717) is 12.3 Å². The molecule has 1 aromatic carbocycles. The van der Waals surface area contributed by atoms with Crippen molar-refractivity contribution in [1.29, 1.82) is 5.26 Å². The molecule has 6 nitrogen and oxygen atoms in total. The highest BCUT2D eigenvalue weighted by Crippen LogP contribution is 2.34. The van der Waals surface area contributed by atoms with Crippen molar-refractivity contribution in [2.24, 2.45) is 0 Å². The van der Waals surface area contributed by atoms with Gasteiger partial charge in [0.25, 0.3) is 0 Å². The fourth-order valence-electron chi connectivity index (χ4n) is 3.75. The molecular weight excluding hydrogens is 378 g/mol. The third kappa shape index (κ3) is 3.91. The maximum absolute atomic E-state index is 9.37. The van der Waals surface area contributed by atoms with Crippen LogP contribution in [0.3, 0.4) is 0 Å². The van der Waals surface area contributed by atoms with Crippen molar-refractivity contribution >= 4 is 24.7 Å². The predicted octanol–water partition coefficient (Wildman–Crippen LogP) is 4.44. The van der Waals surface area contributed by atoms with Gasteiger partial charge in [0.1, 0.15) is 12.8 Å². The predicted molar refractivity (Wildman–Crippen MR) is 117 cm³/mol. The molecule has 150 valence electrons. The smallest absolute Gasteiger partial charge is 0.139 e. The lowest BCUT2D eigenvalue weighted by molar-refractivity contribution is 0.0767. The number of nitrogens with zero attached hydrogens (tertiary/aromatic N) is 5. The van der Waals surface area contributed by atoms with E-state index in [0.717, 1.165) is 42.0 Å². The van der Waals surface area contributed by atoms with Crippen LogP contribution in [0, 0.1) is 18.3 Å². The molecule has 4 rings (SSSR count). The molecule has 0 spiro atoms. The summed E-state index contributed by atoms with van der Waals surface area (Å²) >= 11 is 0. The third-order valence-electron chi connectivity index (χ3n) is 5.52. The molecule has 3 aromatic rings. The van der Waals surface area contributed by atoms with Crippen LogP contribution in [-0.4, -0.2) is 29.4 Å². The van der Waals surface area contributed by atoms with Gasteiger partial charge in [0.2, 0.25) is 0 Å². The molecule has 0 aliphatic carbocycles. The van der Waals surface area contributed by atoms with Crippen molar-refractivity contribution < 1.29 is 4.74 Å². The summed E-state index contributed by atoms with van der Waals surface area (Å²) in [6, 6.07) is 11.3. The largest absolute Gasteiger partial charge is 0.361 e. The van der Waals surface area contributed by atoms with Gasteiger partial charge in [0, 0.05) is 49.8 Å². The Morgan fingerprint density at radius 1 is 1.21 bits per heavy atom. The summed E-state index contributed by atoms with van der Waals surface area (Å²) in [5, 5.41) is 15.2. The lowest BCUT2D eigenvalue weighted by Crippen LogP contribution is -2.22. The van der Waals surface area contributed by atoms with Crippen molar-refractivity contribution in [3.05, 3.63) is 53.0 Å². The van der Waals surface area contributed by atoms with E-state index in [2.05, 4.69) is 42.5 Å². The van der Waals surface area contributed by atoms with Crippen molar-refractivity contribution in [2.75, 3.05) is 11.5 Å². The van der Waals surface area contributed by atoms with Crippen molar-refractivity contribution in [3.63, 3.8) is 0 Å². The number of ether oxygens (including phenoxy) is 1. The van der Waals surface area contributed by atoms with Gasteiger partial charge in [-0.3, -0.25) is 4.98 Å². The number of pyridine rings is 1. The van der Waals surface area contributed by atoms with E-state index in [4.69, 9.17) is 9.84 Å². The number of aromatic nitrogens is 3. The van der Waals surface area contributed by atoms with Crippen LogP contribution in [0.25, 0.3) is 10.9 Å². The Hall–Kier alpha value is -2.69. The van der Waals surface area contributed by atoms with E-state index >= 15 is 0 Å². The Morgan fingerprint density at radius 2 is 2.03 bits per heavy atom. The molecular formula is C22H27N5OSi. The van der Waals surface area contributed by atoms with Crippen molar-refractivity contribution in [1.82, 2.24) is 14.8 Å². The first-order valence-electron chi connectivity index (χ1n) is 10.0. The molecule has 0 saturated carbocycles. The van der Waals surface area contributed by atoms with Gasteiger partial charge in [-0.25, -0.2) is 4.68 Å². The Bertz CT molecular complexity index is 1090. The number of hydrogen-bond acceptors (Lipinski definition) is 5. The number of benzene rings is 1.